The first-order chi connectivity index (χ1) is 13.3. The van der Waals surface area contributed by atoms with Crippen molar-refractivity contribution in [3.8, 4) is 0 Å². The monoisotopic (exact) mass is 408 g/mol. The molecule has 1 fully saturated rings. The molecule has 2 aromatic rings. The van der Waals surface area contributed by atoms with E-state index >= 15 is 0 Å². The number of rotatable bonds is 8. The van der Waals surface area contributed by atoms with Crippen molar-refractivity contribution < 1.29 is 22.4 Å². The van der Waals surface area contributed by atoms with Crippen molar-refractivity contribution in [2.75, 3.05) is 31.2 Å². The lowest BCUT2D eigenvalue weighted by atomic mass is 10.3. The van der Waals surface area contributed by atoms with Gasteiger partial charge < -0.3 is 15.1 Å². The molecule has 0 saturated heterocycles. The first-order valence-corrected chi connectivity index (χ1v) is 10.8. The van der Waals surface area contributed by atoms with Crippen molar-refractivity contribution in [1.82, 2.24) is 14.6 Å². The Morgan fingerprint density at radius 2 is 2.04 bits per heavy atom. The fraction of sp³-hybridized carbons (Fsp3) is 0.500. The van der Waals surface area contributed by atoms with Crippen LogP contribution in [0, 0.1) is 0 Å². The number of hydrogen-bond acceptors (Lipinski definition) is 6. The molecular weight excluding hydrogens is 384 g/mol. The normalized spacial score (nSPS) is 14.4. The second-order valence-corrected chi connectivity index (χ2v) is 9.16. The average Bonchev–Trinajstić information content (AvgIpc) is 3.44. The Hall–Kier alpha value is -2.46. The van der Waals surface area contributed by atoms with Gasteiger partial charge in [0.15, 0.2) is 11.5 Å². The van der Waals surface area contributed by atoms with Crippen LogP contribution in [-0.4, -0.2) is 55.4 Å². The summed E-state index contributed by atoms with van der Waals surface area (Å²) in [4.78, 5) is 28.4. The summed E-state index contributed by atoms with van der Waals surface area (Å²) in [5.41, 5.74) is 1.74. The Morgan fingerprint density at radius 3 is 2.71 bits per heavy atom. The molecule has 3 rings (SSSR count). The van der Waals surface area contributed by atoms with E-state index in [1.807, 2.05) is 0 Å². The number of benzene rings is 1. The van der Waals surface area contributed by atoms with Crippen LogP contribution in [-0.2, 0) is 19.6 Å². The van der Waals surface area contributed by atoms with Crippen LogP contribution in [0.4, 0.5) is 5.69 Å². The second-order valence-electron chi connectivity index (χ2n) is 6.79. The number of anilines is 1. The molecular formula is C18H24N4O5S. The number of aromatic nitrogens is 1. The Kier molecular flexibility index (Phi) is 5.99. The predicted octanol–water partition coefficient (Wildman–Crippen LogP) is 1.43. The fourth-order valence-corrected chi connectivity index (χ4v) is 3.51. The largest absolute Gasteiger partial charge is 0.440 e. The molecule has 28 heavy (non-hydrogen) atoms. The molecule has 1 heterocycles. The van der Waals surface area contributed by atoms with Crippen LogP contribution in [0.5, 0.6) is 0 Å². The molecule has 2 amide bonds. The first kappa shape index (κ1) is 20.3. The van der Waals surface area contributed by atoms with Gasteiger partial charge in [-0.05, 0) is 44.4 Å². The van der Waals surface area contributed by atoms with Crippen LogP contribution in [0.1, 0.15) is 38.0 Å². The molecule has 0 aliphatic heterocycles. The summed E-state index contributed by atoms with van der Waals surface area (Å²) < 4.78 is 30.2. The van der Waals surface area contributed by atoms with E-state index in [4.69, 9.17) is 4.42 Å². The van der Waals surface area contributed by atoms with Crippen LogP contribution in [0.25, 0.3) is 11.1 Å². The molecule has 0 atom stereocenters. The summed E-state index contributed by atoms with van der Waals surface area (Å²) in [7, 11) is -1.76. The molecule has 1 aromatic carbocycles. The maximum Gasteiger partial charge on any atom is 0.313 e. The van der Waals surface area contributed by atoms with Crippen LogP contribution in [0.3, 0.4) is 0 Å². The van der Waals surface area contributed by atoms with E-state index in [1.54, 1.807) is 25.1 Å². The third kappa shape index (κ3) is 4.87. The first-order valence-electron chi connectivity index (χ1n) is 9.24. The lowest BCUT2D eigenvalue weighted by Gasteiger charge is -2.15. The van der Waals surface area contributed by atoms with Crippen molar-refractivity contribution >= 4 is 38.6 Å². The van der Waals surface area contributed by atoms with Gasteiger partial charge in [0.2, 0.25) is 10.0 Å². The third-order valence-electron chi connectivity index (χ3n) is 4.57. The number of nitrogens with one attached hydrogen (secondary N) is 2. The van der Waals surface area contributed by atoms with Gasteiger partial charge in [-0.15, -0.1) is 0 Å². The summed E-state index contributed by atoms with van der Waals surface area (Å²) >= 11 is 0. The molecule has 0 bridgehead atoms. The van der Waals surface area contributed by atoms with Crippen molar-refractivity contribution in [2.45, 2.75) is 32.1 Å². The molecule has 1 aliphatic rings. The molecule has 10 heteroatoms. The molecule has 1 saturated carbocycles. The van der Waals surface area contributed by atoms with E-state index in [1.165, 1.54) is 11.4 Å². The second kappa shape index (κ2) is 8.27. The molecule has 0 unspecified atom stereocenters. The van der Waals surface area contributed by atoms with Gasteiger partial charge in [0.1, 0.15) is 5.52 Å². The summed E-state index contributed by atoms with van der Waals surface area (Å²) in [6.45, 7) is 2.04. The van der Waals surface area contributed by atoms with Crippen LogP contribution in [0.15, 0.2) is 22.6 Å². The molecule has 1 aromatic heterocycles. The number of nitrogens with zero attached hydrogens (tertiary/aromatic N) is 2. The number of fused-ring (bicyclic) bond motifs is 1. The minimum absolute atomic E-state index is 0.0241. The summed E-state index contributed by atoms with van der Waals surface area (Å²) in [5.74, 6) is -0.440. The van der Waals surface area contributed by atoms with Crippen molar-refractivity contribution in [2.24, 2.45) is 0 Å². The number of oxazole rings is 1. The van der Waals surface area contributed by atoms with Crippen LogP contribution in [0.2, 0.25) is 0 Å². The van der Waals surface area contributed by atoms with E-state index < -0.39 is 21.8 Å². The van der Waals surface area contributed by atoms with Gasteiger partial charge in [-0.2, -0.15) is 0 Å². The van der Waals surface area contributed by atoms with Crippen molar-refractivity contribution in [1.29, 1.82) is 0 Å². The van der Waals surface area contributed by atoms with E-state index in [-0.39, 0.29) is 18.8 Å². The quantitative estimate of drug-likeness (QED) is 0.503. The van der Waals surface area contributed by atoms with Gasteiger partial charge in [0.05, 0.1) is 5.75 Å². The smallest absolute Gasteiger partial charge is 0.313 e. The zero-order valence-electron chi connectivity index (χ0n) is 15.9. The molecule has 9 nitrogen and oxygen atoms in total. The number of amides is 2. The van der Waals surface area contributed by atoms with E-state index in [0.29, 0.717) is 35.0 Å². The molecule has 2 N–H and O–H groups in total. The molecule has 0 radical (unpaired) electrons. The minimum atomic E-state index is -3.25. The molecule has 0 spiro atoms. The van der Waals surface area contributed by atoms with Gasteiger partial charge in [-0.3, -0.25) is 9.59 Å². The van der Waals surface area contributed by atoms with Crippen molar-refractivity contribution in [3.63, 3.8) is 0 Å². The van der Waals surface area contributed by atoms with Gasteiger partial charge in [-0.1, -0.05) is 0 Å². The van der Waals surface area contributed by atoms with Crippen molar-refractivity contribution in [3.05, 3.63) is 24.1 Å². The van der Waals surface area contributed by atoms with Gasteiger partial charge in [0.25, 0.3) is 0 Å². The predicted molar refractivity (Wildman–Crippen MR) is 104 cm³/mol. The Morgan fingerprint density at radius 1 is 1.29 bits per heavy atom. The average molecular weight is 408 g/mol. The Bertz CT molecular complexity index is 981. The van der Waals surface area contributed by atoms with Gasteiger partial charge >= 0.3 is 11.8 Å². The standard InChI is InChI=1S/C18H24N4O5S/c1-3-28(25,26)22(2)10-4-9-19-16(23)17(24)20-13-7-8-15-14(11-13)21-18(27-15)12-5-6-12/h7-8,11-12H,3-6,9-10H2,1-2H3,(H,19,23)(H,20,24). The van der Waals surface area contributed by atoms with Crippen LogP contribution < -0.4 is 10.6 Å². The highest BCUT2D eigenvalue weighted by molar-refractivity contribution is 7.89. The van der Waals surface area contributed by atoms with Crippen LogP contribution >= 0.6 is 0 Å². The summed E-state index contributed by atoms with van der Waals surface area (Å²) in [6, 6.07) is 5.03. The lowest BCUT2D eigenvalue weighted by Crippen LogP contribution is -2.37. The Labute approximate surface area is 163 Å². The third-order valence-corrected chi connectivity index (χ3v) is 6.43. The highest BCUT2D eigenvalue weighted by atomic mass is 32.2. The molecule has 152 valence electrons. The highest BCUT2D eigenvalue weighted by Gasteiger charge is 2.29. The van der Waals surface area contributed by atoms with Gasteiger partial charge in [-0.25, -0.2) is 17.7 Å². The van der Waals surface area contributed by atoms with Gasteiger partial charge in [0, 0.05) is 31.7 Å². The number of carbonyl (C=O) groups is 2. The van der Waals surface area contributed by atoms with E-state index in [0.717, 1.165) is 12.8 Å². The summed E-state index contributed by atoms with van der Waals surface area (Å²) in [5, 5.41) is 5.02. The molecule has 1 aliphatic carbocycles. The number of hydrogen-bond donors (Lipinski definition) is 2. The minimum Gasteiger partial charge on any atom is -0.440 e. The number of carbonyl (C=O) groups excluding carboxylic acids is 2. The van der Waals surface area contributed by atoms with E-state index in [9.17, 15) is 18.0 Å². The fourth-order valence-electron chi connectivity index (χ4n) is 2.66. The highest BCUT2D eigenvalue weighted by Crippen LogP contribution is 2.40. The maximum absolute atomic E-state index is 12.0. The summed E-state index contributed by atoms with van der Waals surface area (Å²) in [6.07, 6.45) is 2.57. The van der Waals surface area contributed by atoms with E-state index in [2.05, 4.69) is 15.6 Å². The zero-order chi connectivity index (χ0) is 20.3. The topological polar surface area (TPSA) is 122 Å². The Balaban J connectivity index is 1.47. The maximum atomic E-state index is 12.0. The SMILES string of the molecule is CCS(=O)(=O)N(C)CCCNC(=O)C(=O)Nc1ccc2oc(C3CC3)nc2c1. The lowest BCUT2D eigenvalue weighted by molar-refractivity contribution is -0.136. The number of sulfonamides is 1. The zero-order valence-corrected chi connectivity index (χ0v) is 16.7.